The Morgan fingerprint density at radius 3 is 2.80 bits per heavy atom. The maximum absolute atomic E-state index is 12.5. The van der Waals surface area contributed by atoms with Crippen LogP contribution in [0.5, 0.6) is 0 Å². The lowest BCUT2D eigenvalue weighted by atomic mass is 10.1. The third-order valence-electron chi connectivity index (χ3n) is 4.96. The summed E-state index contributed by atoms with van der Waals surface area (Å²) < 4.78 is 1.82. The molecule has 0 spiro atoms. The fourth-order valence-corrected chi connectivity index (χ4v) is 3.65. The van der Waals surface area contributed by atoms with Crippen molar-refractivity contribution in [3.8, 4) is 0 Å². The number of hydrogen-bond acceptors (Lipinski definition) is 4. The first-order valence-corrected chi connectivity index (χ1v) is 8.65. The summed E-state index contributed by atoms with van der Waals surface area (Å²) in [7, 11) is 1.99. The highest BCUT2D eigenvalue weighted by atomic mass is 16.1. The zero-order chi connectivity index (χ0) is 17.8. The Hall–Kier alpha value is -2.63. The fraction of sp³-hybridized carbons (Fsp3) is 0.421. The third kappa shape index (κ3) is 2.52. The number of aromatic nitrogens is 4. The van der Waals surface area contributed by atoms with Gasteiger partial charge in [-0.05, 0) is 44.7 Å². The quantitative estimate of drug-likeness (QED) is 0.781. The molecule has 0 saturated carbocycles. The number of nitrogens with one attached hydrogen (secondary N) is 1. The molecule has 2 heterocycles. The van der Waals surface area contributed by atoms with Gasteiger partial charge in [0.15, 0.2) is 5.65 Å². The average molecular weight is 337 g/mol. The van der Waals surface area contributed by atoms with Crippen LogP contribution in [0, 0.1) is 0 Å². The van der Waals surface area contributed by atoms with Gasteiger partial charge in [0, 0.05) is 7.05 Å². The normalized spacial score (nSPS) is 17.0. The van der Waals surface area contributed by atoms with Crippen LogP contribution in [-0.4, -0.2) is 26.8 Å². The van der Waals surface area contributed by atoms with Crippen LogP contribution in [0.3, 0.4) is 0 Å². The number of aromatic amines is 1. The second kappa shape index (κ2) is 5.44. The Balaban J connectivity index is 1.81. The molecule has 0 fully saturated rings. The molecule has 6 heteroatoms. The zero-order valence-corrected chi connectivity index (χ0v) is 15.1. The Labute approximate surface area is 146 Å². The van der Waals surface area contributed by atoms with Gasteiger partial charge in [-0.25, -0.2) is 4.68 Å². The molecule has 0 amide bonds. The summed E-state index contributed by atoms with van der Waals surface area (Å²) in [6, 6.07) is 8.72. The topological polar surface area (TPSA) is 66.8 Å². The maximum Gasteiger partial charge on any atom is 0.263 e. The minimum absolute atomic E-state index is 0.145. The summed E-state index contributed by atoms with van der Waals surface area (Å²) in [6.07, 6.45) is 3.68. The minimum atomic E-state index is -0.238. The number of H-pyrrole nitrogens is 1. The molecule has 3 aromatic rings. The molecular weight excluding hydrogens is 314 g/mol. The van der Waals surface area contributed by atoms with Crippen molar-refractivity contribution < 1.29 is 0 Å². The monoisotopic (exact) mass is 337 g/mol. The van der Waals surface area contributed by atoms with Gasteiger partial charge in [-0.3, -0.25) is 9.78 Å². The number of rotatable bonds is 2. The molecule has 1 aliphatic carbocycles. The summed E-state index contributed by atoms with van der Waals surface area (Å²) in [4.78, 5) is 22.3. The molecule has 6 nitrogen and oxygen atoms in total. The van der Waals surface area contributed by atoms with Crippen molar-refractivity contribution >= 4 is 17.0 Å². The Morgan fingerprint density at radius 2 is 2.04 bits per heavy atom. The molecule has 1 atom stereocenters. The largest absolute Gasteiger partial charge is 0.338 e. The molecule has 0 saturated heterocycles. The van der Waals surface area contributed by atoms with E-state index in [0.717, 1.165) is 12.8 Å². The van der Waals surface area contributed by atoms with Gasteiger partial charge < -0.3 is 4.90 Å². The van der Waals surface area contributed by atoms with E-state index in [1.54, 1.807) is 6.20 Å². The van der Waals surface area contributed by atoms with Crippen LogP contribution in [-0.2, 0) is 12.0 Å². The molecule has 0 radical (unpaired) electrons. The molecule has 1 unspecified atom stereocenters. The molecule has 0 aliphatic heterocycles. The molecule has 4 rings (SSSR count). The van der Waals surface area contributed by atoms with Crippen molar-refractivity contribution in [3.63, 3.8) is 0 Å². The molecule has 1 aliphatic rings. The van der Waals surface area contributed by atoms with Gasteiger partial charge in [0.05, 0.1) is 17.8 Å². The van der Waals surface area contributed by atoms with Crippen LogP contribution < -0.4 is 10.5 Å². The lowest BCUT2D eigenvalue weighted by Gasteiger charge is -2.26. The van der Waals surface area contributed by atoms with Gasteiger partial charge in [-0.1, -0.05) is 24.3 Å². The van der Waals surface area contributed by atoms with Crippen molar-refractivity contribution in [2.24, 2.45) is 0 Å². The number of benzene rings is 1. The number of aryl methyl sites for hydroxylation is 1. The number of anilines is 1. The zero-order valence-electron chi connectivity index (χ0n) is 15.1. The molecule has 1 aromatic carbocycles. The predicted octanol–water partition coefficient (Wildman–Crippen LogP) is 3.00. The molecule has 2 aromatic heterocycles. The Morgan fingerprint density at radius 1 is 1.28 bits per heavy atom. The van der Waals surface area contributed by atoms with Crippen LogP contribution >= 0.6 is 0 Å². The third-order valence-corrected chi connectivity index (χ3v) is 4.96. The predicted molar refractivity (Wildman–Crippen MR) is 99.1 cm³/mol. The van der Waals surface area contributed by atoms with Gasteiger partial charge in [0.25, 0.3) is 5.56 Å². The standard InChI is InChI=1S/C19H23N5O/c1-19(2,3)24-16-14(11-20-24)17(25)22-18(21-16)23(4)15-10-9-12-7-5-6-8-13(12)15/h5-8,11,15H,9-10H2,1-4H3,(H,21,22,25). The highest BCUT2D eigenvalue weighted by Gasteiger charge is 2.28. The molecule has 130 valence electrons. The van der Waals surface area contributed by atoms with E-state index in [1.807, 2.05) is 11.7 Å². The van der Waals surface area contributed by atoms with E-state index in [0.29, 0.717) is 17.0 Å². The van der Waals surface area contributed by atoms with E-state index in [9.17, 15) is 4.79 Å². The van der Waals surface area contributed by atoms with Crippen molar-refractivity contribution in [2.75, 3.05) is 11.9 Å². The minimum Gasteiger partial charge on any atom is -0.338 e. The molecule has 1 N–H and O–H groups in total. The number of hydrogen-bond donors (Lipinski definition) is 1. The smallest absolute Gasteiger partial charge is 0.263 e. The van der Waals surface area contributed by atoms with Gasteiger partial charge in [0.1, 0.15) is 5.39 Å². The van der Waals surface area contributed by atoms with Crippen LogP contribution in [0.15, 0.2) is 35.3 Å². The summed E-state index contributed by atoms with van der Waals surface area (Å²) in [5.74, 6) is 0.588. The van der Waals surface area contributed by atoms with E-state index in [2.05, 4.69) is 60.0 Å². The van der Waals surface area contributed by atoms with Gasteiger partial charge >= 0.3 is 0 Å². The Kier molecular flexibility index (Phi) is 3.45. The summed E-state index contributed by atoms with van der Waals surface area (Å²) >= 11 is 0. The first kappa shape index (κ1) is 15.9. The van der Waals surface area contributed by atoms with Crippen molar-refractivity contribution in [2.45, 2.75) is 45.2 Å². The van der Waals surface area contributed by atoms with Crippen molar-refractivity contribution in [3.05, 3.63) is 51.9 Å². The molecule has 0 bridgehead atoms. The second-order valence-corrected chi connectivity index (χ2v) is 7.72. The van der Waals surface area contributed by atoms with Gasteiger partial charge in [0.2, 0.25) is 5.95 Å². The first-order chi connectivity index (χ1) is 11.9. The summed E-state index contributed by atoms with van der Waals surface area (Å²) in [5.41, 5.74) is 2.94. The fourth-order valence-electron chi connectivity index (χ4n) is 3.65. The maximum atomic E-state index is 12.5. The van der Waals surface area contributed by atoms with Crippen molar-refractivity contribution in [1.82, 2.24) is 19.7 Å². The Bertz CT molecular complexity index is 995. The van der Waals surface area contributed by atoms with E-state index >= 15 is 0 Å². The number of nitrogens with zero attached hydrogens (tertiary/aromatic N) is 4. The molecular formula is C19H23N5O. The lowest BCUT2D eigenvalue weighted by molar-refractivity contribution is 0.366. The van der Waals surface area contributed by atoms with Crippen LogP contribution in [0.1, 0.15) is 44.4 Å². The van der Waals surface area contributed by atoms with Gasteiger partial charge in [-0.2, -0.15) is 10.1 Å². The van der Waals surface area contributed by atoms with Crippen LogP contribution in [0.2, 0.25) is 0 Å². The van der Waals surface area contributed by atoms with E-state index in [1.165, 1.54) is 11.1 Å². The van der Waals surface area contributed by atoms with Crippen LogP contribution in [0.4, 0.5) is 5.95 Å². The van der Waals surface area contributed by atoms with Gasteiger partial charge in [-0.15, -0.1) is 0 Å². The van der Waals surface area contributed by atoms with Crippen LogP contribution in [0.25, 0.3) is 11.0 Å². The highest BCUT2D eigenvalue weighted by molar-refractivity contribution is 5.74. The lowest BCUT2D eigenvalue weighted by Crippen LogP contribution is -2.28. The average Bonchev–Trinajstić information content (AvgIpc) is 3.18. The van der Waals surface area contributed by atoms with E-state index in [-0.39, 0.29) is 17.1 Å². The summed E-state index contributed by atoms with van der Waals surface area (Å²) in [6.45, 7) is 6.16. The number of fused-ring (bicyclic) bond motifs is 2. The SMILES string of the molecule is CN(c1nc2c(cnn2C(C)(C)C)c(=O)[nH]1)C1CCc2ccccc21. The van der Waals surface area contributed by atoms with E-state index in [4.69, 9.17) is 4.98 Å². The first-order valence-electron chi connectivity index (χ1n) is 8.65. The molecule has 25 heavy (non-hydrogen) atoms. The van der Waals surface area contributed by atoms with E-state index < -0.39 is 0 Å². The van der Waals surface area contributed by atoms with Crippen molar-refractivity contribution in [1.29, 1.82) is 0 Å². The highest BCUT2D eigenvalue weighted by Crippen LogP contribution is 2.36. The summed E-state index contributed by atoms with van der Waals surface area (Å²) in [5, 5.41) is 4.90. The second-order valence-electron chi connectivity index (χ2n) is 7.72.